The Morgan fingerprint density at radius 2 is 2.05 bits per heavy atom. The van der Waals surface area contributed by atoms with Gasteiger partial charge in [0.05, 0.1) is 5.25 Å². The third kappa shape index (κ3) is 6.12. The fourth-order valence-corrected chi connectivity index (χ4v) is 2.61. The quantitative estimate of drug-likeness (QED) is 0.815. The number of carbonyl (C=O) groups is 1. The first-order valence-corrected chi connectivity index (χ1v) is 7.42. The molecular formula is C15H24N2OS. The van der Waals surface area contributed by atoms with Crippen molar-refractivity contribution < 1.29 is 4.79 Å². The van der Waals surface area contributed by atoms with Gasteiger partial charge in [-0.15, -0.1) is 11.8 Å². The summed E-state index contributed by atoms with van der Waals surface area (Å²) in [7, 11) is 1.93. The maximum absolute atomic E-state index is 12.0. The van der Waals surface area contributed by atoms with Crippen molar-refractivity contribution in [3.05, 3.63) is 29.8 Å². The van der Waals surface area contributed by atoms with E-state index in [2.05, 4.69) is 22.8 Å². The first kappa shape index (κ1) is 16.1. The first-order valence-electron chi connectivity index (χ1n) is 6.54. The molecule has 1 atom stereocenters. The van der Waals surface area contributed by atoms with Gasteiger partial charge in [-0.3, -0.25) is 4.79 Å². The predicted molar refractivity (Wildman–Crippen MR) is 82.4 cm³/mol. The predicted octanol–water partition coefficient (Wildman–Crippen LogP) is 2.80. The zero-order chi connectivity index (χ0) is 14.5. The molecule has 0 aliphatic heterocycles. The summed E-state index contributed by atoms with van der Waals surface area (Å²) in [5.74, 6) is 0.0801. The molecule has 19 heavy (non-hydrogen) atoms. The minimum atomic E-state index is -0.181. The van der Waals surface area contributed by atoms with Crippen LogP contribution in [0.1, 0.15) is 33.3 Å². The van der Waals surface area contributed by atoms with Gasteiger partial charge in [0, 0.05) is 17.0 Å². The summed E-state index contributed by atoms with van der Waals surface area (Å²) in [6, 6.07) is 8.29. The molecule has 0 fully saturated rings. The minimum absolute atomic E-state index is 0.0801. The van der Waals surface area contributed by atoms with E-state index >= 15 is 0 Å². The van der Waals surface area contributed by atoms with Gasteiger partial charge in [0.2, 0.25) is 5.91 Å². The van der Waals surface area contributed by atoms with Crippen LogP contribution in [0.5, 0.6) is 0 Å². The molecule has 0 saturated heterocycles. The van der Waals surface area contributed by atoms with Crippen molar-refractivity contribution in [1.29, 1.82) is 0 Å². The van der Waals surface area contributed by atoms with Crippen molar-refractivity contribution in [2.45, 2.75) is 49.9 Å². The van der Waals surface area contributed by atoms with Gasteiger partial charge < -0.3 is 10.6 Å². The second-order valence-corrected chi connectivity index (χ2v) is 7.09. The van der Waals surface area contributed by atoms with Gasteiger partial charge in [0.15, 0.2) is 0 Å². The summed E-state index contributed by atoms with van der Waals surface area (Å²) in [5.41, 5.74) is 1.05. The van der Waals surface area contributed by atoms with E-state index in [0.29, 0.717) is 0 Å². The molecule has 2 N–H and O–H groups in total. The lowest BCUT2D eigenvalue weighted by Crippen LogP contribution is -2.44. The average molecular weight is 280 g/mol. The Labute approximate surface area is 120 Å². The Bertz CT molecular complexity index is 426. The van der Waals surface area contributed by atoms with Crippen molar-refractivity contribution in [2.24, 2.45) is 0 Å². The number of amides is 1. The van der Waals surface area contributed by atoms with E-state index in [1.54, 1.807) is 11.8 Å². The summed E-state index contributed by atoms with van der Waals surface area (Å²) in [6.07, 6.45) is 0. The molecule has 0 saturated carbocycles. The lowest BCUT2D eigenvalue weighted by molar-refractivity contribution is -0.121. The standard InChI is InChI=1S/C15H24N2OS/c1-11(14(18)17-15(2,3)4)19-13-8-6-7-12(9-13)10-16-5/h6-9,11,16H,10H2,1-5H3,(H,17,18). The molecular weight excluding hydrogens is 256 g/mol. The Hall–Kier alpha value is -1.00. The number of hydrogen-bond acceptors (Lipinski definition) is 3. The van der Waals surface area contributed by atoms with Crippen LogP contribution in [0.15, 0.2) is 29.2 Å². The van der Waals surface area contributed by atoms with E-state index in [1.807, 2.05) is 46.9 Å². The van der Waals surface area contributed by atoms with E-state index < -0.39 is 0 Å². The number of benzene rings is 1. The maximum atomic E-state index is 12.0. The van der Waals surface area contributed by atoms with Crippen molar-refractivity contribution in [2.75, 3.05) is 7.05 Å². The topological polar surface area (TPSA) is 41.1 Å². The third-order valence-electron chi connectivity index (χ3n) is 2.46. The molecule has 3 nitrogen and oxygen atoms in total. The highest BCUT2D eigenvalue weighted by Gasteiger charge is 2.19. The Morgan fingerprint density at radius 1 is 1.37 bits per heavy atom. The number of hydrogen-bond donors (Lipinski definition) is 2. The largest absolute Gasteiger partial charge is 0.351 e. The molecule has 106 valence electrons. The molecule has 1 aromatic rings. The average Bonchev–Trinajstić information content (AvgIpc) is 2.27. The van der Waals surface area contributed by atoms with Crippen LogP contribution >= 0.6 is 11.8 Å². The van der Waals surface area contributed by atoms with Crippen molar-refractivity contribution >= 4 is 17.7 Å². The van der Waals surface area contributed by atoms with E-state index in [-0.39, 0.29) is 16.7 Å². The van der Waals surface area contributed by atoms with E-state index in [9.17, 15) is 4.79 Å². The van der Waals surface area contributed by atoms with Crippen LogP contribution in [-0.2, 0) is 11.3 Å². The van der Waals surface area contributed by atoms with Crippen LogP contribution in [-0.4, -0.2) is 23.7 Å². The molecule has 0 spiro atoms. The van der Waals surface area contributed by atoms with Gasteiger partial charge in [-0.2, -0.15) is 0 Å². The molecule has 0 aliphatic rings. The van der Waals surface area contributed by atoms with Crippen LogP contribution in [0.2, 0.25) is 0 Å². The first-order chi connectivity index (χ1) is 8.81. The molecule has 0 aromatic heterocycles. The SMILES string of the molecule is CNCc1cccc(SC(C)C(=O)NC(C)(C)C)c1. The summed E-state index contributed by atoms with van der Waals surface area (Å²) >= 11 is 1.59. The molecule has 0 heterocycles. The van der Waals surface area contributed by atoms with E-state index in [1.165, 1.54) is 5.56 Å². The highest BCUT2D eigenvalue weighted by Crippen LogP contribution is 2.24. The van der Waals surface area contributed by atoms with Crippen molar-refractivity contribution in [1.82, 2.24) is 10.6 Å². The second kappa shape index (κ2) is 6.96. The molecule has 4 heteroatoms. The summed E-state index contributed by atoms with van der Waals surface area (Å²) in [4.78, 5) is 13.2. The molecule has 1 unspecified atom stereocenters. The molecule has 1 aromatic carbocycles. The molecule has 1 rings (SSSR count). The fraction of sp³-hybridized carbons (Fsp3) is 0.533. The molecule has 0 radical (unpaired) electrons. The van der Waals surface area contributed by atoms with Crippen LogP contribution in [0.4, 0.5) is 0 Å². The number of thioether (sulfide) groups is 1. The van der Waals surface area contributed by atoms with Gasteiger partial charge >= 0.3 is 0 Å². The number of carbonyl (C=O) groups excluding carboxylic acids is 1. The van der Waals surface area contributed by atoms with Crippen LogP contribution in [0, 0.1) is 0 Å². The summed E-state index contributed by atoms with van der Waals surface area (Å²) < 4.78 is 0. The highest BCUT2D eigenvalue weighted by atomic mass is 32.2. The smallest absolute Gasteiger partial charge is 0.233 e. The van der Waals surface area contributed by atoms with Gasteiger partial charge in [-0.05, 0) is 52.4 Å². The van der Waals surface area contributed by atoms with E-state index in [4.69, 9.17) is 0 Å². The Kier molecular flexibility index (Phi) is 5.88. The summed E-state index contributed by atoms with van der Waals surface area (Å²) in [5, 5.41) is 6.04. The van der Waals surface area contributed by atoms with Crippen LogP contribution < -0.4 is 10.6 Å². The van der Waals surface area contributed by atoms with Gasteiger partial charge in [0.25, 0.3) is 0 Å². The summed E-state index contributed by atoms with van der Waals surface area (Å²) in [6.45, 7) is 8.77. The van der Waals surface area contributed by atoms with Gasteiger partial charge in [-0.25, -0.2) is 0 Å². The van der Waals surface area contributed by atoms with Crippen LogP contribution in [0.25, 0.3) is 0 Å². The fourth-order valence-electron chi connectivity index (χ4n) is 1.66. The lowest BCUT2D eigenvalue weighted by atomic mass is 10.1. The maximum Gasteiger partial charge on any atom is 0.233 e. The lowest BCUT2D eigenvalue weighted by Gasteiger charge is -2.23. The van der Waals surface area contributed by atoms with Gasteiger partial charge in [-0.1, -0.05) is 12.1 Å². The molecule has 0 bridgehead atoms. The van der Waals surface area contributed by atoms with E-state index in [0.717, 1.165) is 11.4 Å². The second-order valence-electron chi connectivity index (χ2n) is 5.68. The third-order valence-corrected chi connectivity index (χ3v) is 3.55. The zero-order valence-corrected chi connectivity index (χ0v) is 13.2. The Balaban J connectivity index is 2.63. The number of nitrogens with one attached hydrogen (secondary N) is 2. The minimum Gasteiger partial charge on any atom is -0.351 e. The van der Waals surface area contributed by atoms with Crippen LogP contribution in [0.3, 0.4) is 0 Å². The number of rotatable bonds is 5. The monoisotopic (exact) mass is 280 g/mol. The highest BCUT2D eigenvalue weighted by molar-refractivity contribution is 8.00. The Morgan fingerprint density at radius 3 is 2.63 bits per heavy atom. The normalized spacial score (nSPS) is 13.1. The van der Waals surface area contributed by atoms with Gasteiger partial charge in [0.1, 0.15) is 0 Å². The van der Waals surface area contributed by atoms with Crippen molar-refractivity contribution in [3.8, 4) is 0 Å². The molecule has 0 aliphatic carbocycles. The zero-order valence-electron chi connectivity index (χ0n) is 12.4. The van der Waals surface area contributed by atoms with Crippen molar-refractivity contribution in [3.63, 3.8) is 0 Å². The molecule has 1 amide bonds.